The molecule has 0 saturated carbocycles. The number of primary amides is 1. The van der Waals surface area contributed by atoms with Crippen LogP contribution in [0.25, 0.3) is 11.4 Å². The zero-order valence-electron chi connectivity index (χ0n) is 16.1. The first-order chi connectivity index (χ1) is 14.2. The molecule has 2 aromatic carbocycles. The summed E-state index contributed by atoms with van der Waals surface area (Å²) in [6.07, 6.45) is -3.91. The van der Waals surface area contributed by atoms with Gasteiger partial charge in [-0.05, 0) is 37.1 Å². The minimum atomic E-state index is -4.45. The first-order valence-electron chi connectivity index (χ1n) is 9.39. The average molecular weight is 416 g/mol. The van der Waals surface area contributed by atoms with Gasteiger partial charge in [0.2, 0.25) is 17.6 Å². The van der Waals surface area contributed by atoms with Gasteiger partial charge in [-0.1, -0.05) is 35.5 Å². The summed E-state index contributed by atoms with van der Waals surface area (Å²) >= 11 is 0. The number of carbonyl (C=O) groups is 1. The molecule has 156 valence electrons. The minimum Gasteiger partial charge on any atom is -0.369 e. The minimum absolute atomic E-state index is 0.0266. The number of aromatic nitrogens is 2. The van der Waals surface area contributed by atoms with E-state index < -0.39 is 11.7 Å². The molecule has 3 aromatic rings. The van der Waals surface area contributed by atoms with Crippen LogP contribution in [0.1, 0.15) is 36.3 Å². The number of hydrogen-bond donors (Lipinski definition) is 1. The van der Waals surface area contributed by atoms with Crippen molar-refractivity contribution in [1.29, 1.82) is 0 Å². The first kappa shape index (κ1) is 19.9. The number of carbonyl (C=O) groups excluding carboxylic acids is 1. The van der Waals surface area contributed by atoms with E-state index in [4.69, 9.17) is 10.3 Å². The molecule has 2 N–H and O–H groups in total. The maximum absolute atomic E-state index is 13.0. The van der Waals surface area contributed by atoms with Crippen molar-refractivity contribution in [2.45, 2.75) is 38.0 Å². The Morgan fingerprint density at radius 3 is 2.73 bits per heavy atom. The van der Waals surface area contributed by atoms with Gasteiger partial charge in [-0.15, -0.1) is 0 Å². The van der Waals surface area contributed by atoms with Gasteiger partial charge < -0.3 is 15.2 Å². The summed E-state index contributed by atoms with van der Waals surface area (Å²) in [6.45, 7) is 2.23. The summed E-state index contributed by atoms with van der Waals surface area (Å²) in [5, 5.41) is 3.85. The van der Waals surface area contributed by atoms with Crippen molar-refractivity contribution in [1.82, 2.24) is 10.1 Å². The van der Waals surface area contributed by atoms with Crippen molar-refractivity contribution in [3.8, 4) is 11.4 Å². The van der Waals surface area contributed by atoms with Gasteiger partial charge in [-0.3, -0.25) is 4.79 Å². The van der Waals surface area contributed by atoms with E-state index in [9.17, 15) is 18.0 Å². The first-order valence-corrected chi connectivity index (χ1v) is 9.39. The standard InChI is InChI=1S/C21H19F3N4O2/c1-12-9-16(19(25)29)15-7-2-3-8-17(15)28(12)11-18-26-20(27-30-18)13-5-4-6-14(10-13)21(22,23)24/h2-8,10,12,16H,9,11H2,1H3,(H2,25,29)/t12-,16+/m1/s1. The fourth-order valence-corrected chi connectivity index (χ4v) is 3.80. The number of alkyl halides is 3. The quantitative estimate of drug-likeness (QED) is 0.692. The Bertz CT molecular complexity index is 1080. The lowest BCUT2D eigenvalue weighted by molar-refractivity contribution is -0.137. The molecule has 1 amide bonds. The third-order valence-electron chi connectivity index (χ3n) is 5.30. The number of nitrogens with zero attached hydrogens (tertiary/aromatic N) is 3. The predicted octanol–water partition coefficient (Wildman–Crippen LogP) is 4.12. The topological polar surface area (TPSA) is 85.3 Å². The highest BCUT2D eigenvalue weighted by Crippen LogP contribution is 2.39. The Labute approximate surface area is 170 Å². The summed E-state index contributed by atoms with van der Waals surface area (Å²) in [5.41, 5.74) is 6.70. The fraction of sp³-hybridized carbons (Fsp3) is 0.286. The van der Waals surface area contributed by atoms with Crippen LogP contribution < -0.4 is 10.6 Å². The third-order valence-corrected chi connectivity index (χ3v) is 5.30. The summed E-state index contributed by atoms with van der Waals surface area (Å²) in [7, 11) is 0. The molecule has 2 atom stereocenters. The van der Waals surface area contributed by atoms with E-state index in [1.165, 1.54) is 12.1 Å². The zero-order chi connectivity index (χ0) is 21.5. The number of amides is 1. The third kappa shape index (κ3) is 3.74. The highest BCUT2D eigenvalue weighted by atomic mass is 19.4. The predicted molar refractivity (Wildman–Crippen MR) is 103 cm³/mol. The van der Waals surface area contributed by atoms with Gasteiger partial charge in [-0.2, -0.15) is 18.2 Å². The number of halogens is 3. The second-order valence-electron chi connectivity index (χ2n) is 7.32. The van der Waals surface area contributed by atoms with Crippen molar-refractivity contribution in [3.63, 3.8) is 0 Å². The lowest BCUT2D eigenvalue weighted by Crippen LogP contribution is -2.41. The molecule has 0 spiro atoms. The summed E-state index contributed by atoms with van der Waals surface area (Å²) < 4.78 is 44.2. The zero-order valence-corrected chi connectivity index (χ0v) is 16.1. The van der Waals surface area contributed by atoms with Crippen molar-refractivity contribution in [2.75, 3.05) is 4.90 Å². The molecular weight excluding hydrogens is 397 g/mol. The largest absolute Gasteiger partial charge is 0.416 e. The van der Waals surface area contributed by atoms with E-state index in [0.717, 1.165) is 23.4 Å². The molecule has 0 radical (unpaired) electrons. The molecule has 0 aliphatic carbocycles. The van der Waals surface area contributed by atoms with Gasteiger partial charge in [0.1, 0.15) is 0 Å². The van der Waals surface area contributed by atoms with Crippen LogP contribution in [0.4, 0.5) is 18.9 Å². The molecule has 0 unspecified atom stereocenters. The monoisotopic (exact) mass is 416 g/mol. The SMILES string of the molecule is C[C@@H]1C[C@H](C(N)=O)c2ccccc2N1Cc1nc(-c2cccc(C(F)(F)F)c2)no1. The maximum Gasteiger partial charge on any atom is 0.416 e. The van der Waals surface area contributed by atoms with Gasteiger partial charge >= 0.3 is 6.18 Å². The number of benzene rings is 2. The van der Waals surface area contributed by atoms with E-state index in [1.807, 2.05) is 36.1 Å². The van der Waals surface area contributed by atoms with E-state index in [0.29, 0.717) is 6.42 Å². The van der Waals surface area contributed by atoms with Gasteiger partial charge in [0.25, 0.3) is 0 Å². The van der Waals surface area contributed by atoms with E-state index in [2.05, 4.69) is 10.1 Å². The number of anilines is 1. The highest BCUT2D eigenvalue weighted by molar-refractivity contribution is 5.85. The average Bonchev–Trinajstić information content (AvgIpc) is 3.18. The van der Waals surface area contributed by atoms with E-state index in [1.54, 1.807) is 0 Å². The number of para-hydroxylation sites is 1. The van der Waals surface area contributed by atoms with Crippen molar-refractivity contribution < 1.29 is 22.5 Å². The Morgan fingerprint density at radius 1 is 1.23 bits per heavy atom. The normalized spacial score (nSPS) is 18.9. The van der Waals surface area contributed by atoms with Gasteiger partial charge in [0, 0.05) is 17.3 Å². The van der Waals surface area contributed by atoms with Gasteiger partial charge in [0.05, 0.1) is 18.0 Å². The molecular formula is C21H19F3N4O2. The lowest BCUT2D eigenvalue weighted by atomic mass is 9.85. The molecule has 0 fully saturated rings. The number of rotatable bonds is 4. The van der Waals surface area contributed by atoms with Crippen LogP contribution in [0.5, 0.6) is 0 Å². The number of fused-ring (bicyclic) bond motifs is 1. The summed E-state index contributed by atoms with van der Waals surface area (Å²) in [6, 6.07) is 12.2. The second-order valence-corrected chi connectivity index (χ2v) is 7.32. The smallest absolute Gasteiger partial charge is 0.369 e. The van der Waals surface area contributed by atoms with Crippen LogP contribution in [0.3, 0.4) is 0 Å². The van der Waals surface area contributed by atoms with Gasteiger partial charge in [-0.25, -0.2) is 0 Å². The Kier molecular flexibility index (Phi) is 4.97. The molecule has 0 saturated heterocycles. The molecule has 9 heteroatoms. The number of nitrogens with two attached hydrogens (primary N) is 1. The fourth-order valence-electron chi connectivity index (χ4n) is 3.80. The van der Waals surface area contributed by atoms with Crippen LogP contribution in [-0.4, -0.2) is 22.1 Å². The molecule has 6 nitrogen and oxygen atoms in total. The molecule has 2 heterocycles. The van der Waals surface area contributed by atoms with Crippen LogP contribution >= 0.6 is 0 Å². The second kappa shape index (κ2) is 7.47. The van der Waals surface area contributed by atoms with Crippen molar-refractivity contribution >= 4 is 11.6 Å². The molecule has 0 bridgehead atoms. The van der Waals surface area contributed by atoms with Crippen LogP contribution in [0.2, 0.25) is 0 Å². The summed E-state index contributed by atoms with van der Waals surface area (Å²) in [4.78, 5) is 18.2. The van der Waals surface area contributed by atoms with Crippen molar-refractivity contribution in [3.05, 3.63) is 65.5 Å². The molecule has 1 aliphatic heterocycles. The maximum atomic E-state index is 13.0. The van der Waals surface area contributed by atoms with Crippen LogP contribution in [0, 0.1) is 0 Å². The van der Waals surface area contributed by atoms with E-state index in [-0.39, 0.29) is 41.7 Å². The summed E-state index contributed by atoms with van der Waals surface area (Å²) in [5.74, 6) is -0.403. The van der Waals surface area contributed by atoms with E-state index >= 15 is 0 Å². The lowest BCUT2D eigenvalue weighted by Gasteiger charge is -2.39. The van der Waals surface area contributed by atoms with Crippen molar-refractivity contribution in [2.24, 2.45) is 5.73 Å². The highest BCUT2D eigenvalue weighted by Gasteiger charge is 2.34. The van der Waals surface area contributed by atoms with Crippen LogP contribution in [0.15, 0.2) is 53.1 Å². The molecule has 4 rings (SSSR count). The molecule has 1 aliphatic rings. The molecule has 1 aromatic heterocycles. The number of hydrogen-bond acceptors (Lipinski definition) is 5. The Hall–Kier alpha value is -3.36. The van der Waals surface area contributed by atoms with Crippen LogP contribution in [-0.2, 0) is 17.5 Å². The Balaban J connectivity index is 1.61. The Morgan fingerprint density at radius 2 is 2.00 bits per heavy atom. The molecule has 30 heavy (non-hydrogen) atoms. The van der Waals surface area contributed by atoms with Gasteiger partial charge in [0.15, 0.2) is 0 Å².